The number of hydrogen-bond donors (Lipinski definition) is 1. The van der Waals surface area contributed by atoms with Gasteiger partial charge in [-0.3, -0.25) is 4.90 Å². The SMILES string of the molecule is CS(=O)(=O)N1CCN(CC2Cc3nc(-c4cnc(N)nc4)nc(N4CCOCC4)c3S2)CC1. The standard InChI is InChI=1S/C20H28N8O3S2/c1-33(29,30)28-4-2-26(3-5-28)13-15-10-16-17(32-15)19(27-6-8-31-9-7-27)25-18(24-16)14-11-22-20(21)23-12-14/h11-12,15H,2-10,13H2,1H3,(H2,21,22,23). The molecule has 1 unspecified atom stereocenters. The van der Waals surface area contributed by atoms with Gasteiger partial charge in [-0.1, -0.05) is 0 Å². The summed E-state index contributed by atoms with van der Waals surface area (Å²) in [7, 11) is -3.12. The van der Waals surface area contributed by atoms with Crippen LogP contribution in [-0.4, -0.2) is 108 Å². The van der Waals surface area contributed by atoms with E-state index in [1.54, 1.807) is 16.7 Å². The van der Waals surface area contributed by atoms with E-state index < -0.39 is 10.0 Å². The average Bonchev–Trinajstić information content (AvgIpc) is 3.21. The fourth-order valence-electron chi connectivity index (χ4n) is 4.37. The van der Waals surface area contributed by atoms with E-state index in [1.165, 1.54) is 6.26 Å². The van der Waals surface area contributed by atoms with E-state index >= 15 is 0 Å². The van der Waals surface area contributed by atoms with Gasteiger partial charge in [0.15, 0.2) is 5.82 Å². The van der Waals surface area contributed by atoms with Crippen LogP contribution in [0.2, 0.25) is 0 Å². The van der Waals surface area contributed by atoms with Gasteiger partial charge in [0.1, 0.15) is 5.82 Å². The van der Waals surface area contributed by atoms with Gasteiger partial charge in [-0.15, -0.1) is 11.8 Å². The van der Waals surface area contributed by atoms with E-state index in [1.807, 2.05) is 11.8 Å². The van der Waals surface area contributed by atoms with Crippen LogP contribution in [0.3, 0.4) is 0 Å². The number of sulfonamides is 1. The van der Waals surface area contributed by atoms with Crippen LogP contribution in [-0.2, 0) is 21.2 Å². The number of fused-ring (bicyclic) bond motifs is 1. The summed E-state index contributed by atoms with van der Waals surface area (Å²) < 4.78 is 30.7. The van der Waals surface area contributed by atoms with Gasteiger partial charge in [0.25, 0.3) is 0 Å². The number of aromatic nitrogens is 4. The molecular formula is C20H28N8O3S2. The van der Waals surface area contributed by atoms with Crippen molar-refractivity contribution in [2.45, 2.75) is 16.6 Å². The van der Waals surface area contributed by atoms with E-state index in [-0.39, 0.29) is 5.95 Å². The average molecular weight is 493 g/mol. The molecular weight excluding hydrogens is 464 g/mol. The molecule has 11 nitrogen and oxygen atoms in total. The smallest absolute Gasteiger partial charge is 0.219 e. The van der Waals surface area contributed by atoms with E-state index in [0.29, 0.717) is 37.4 Å². The molecule has 3 aliphatic rings. The second-order valence-electron chi connectivity index (χ2n) is 8.48. The largest absolute Gasteiger partial charge is 0.378 e. The Balaban J connectivity index is 1.36. The molecule has 33 heavy (non-hydrogen) atoms. The molecule has 0 radical (unpaired) electrons. The molecule has 5 rings (SSSR count). The van der Waals surface area contributed by atoms with Gasteiger partial charge in [-0.05, 0) is 0 Å². The third-order valence-electron chi connectivity index (χ3n) is 6.13. The monoisotopic (exact) mass is 492 g/mol. The molecule has 2 fully saturated rings. The Kier molecular flexibility index (Phi) is 6.40. The van der Waals surface area contributed by atoms with Crippen molar-refractivity contribution in [3.8, 4) is 11.4 Å². The molecule has 5 heterocycles. The molecule has 13 heteroatoms. The zero-order valence-corrected chi connectivity index (χ0v) is 20.2. The lowest BCUT2D eigenvalue weighted by Crippen LogP contribution is -2.49. The number of nitrogens with two attached hydrogens (primary N) is 1. The number of hydrogen-bond acceptors (Lipinski definition) is 11. The van der Waals surface area contributed by atoms with Crippen LogP contribution in [0.1, 0.15) is 5.69 Å². The van der Waals surface area contributed by atoms with Gasteiger partial charge >= 0.3 is 0 Å². The number of thioether (sulfide) groups is 1. The zero-order valence-electron chi connectivity index (χ0n) is 18.6. The molecule has 0 spiro atoms. The van der Waals surface area contributed by atoms with Gasteiger partial charge in [0.2, 0.25) is 16.0 Å². The fraction of sp³-hybridized carbons (Fsp3) is 0.600. The Labute approximate surface area is 197 Å². The molecule has 1 atom stereocenters. The highest BCUT2D eigenvalue weighted by atomic mass is 32.2. The molecule has 3 aliphatic heterocycles. The summed E-state index contributed by atoms with van der Waals surface area (Å²) in [5.41, 5.74) is 7.44. The summed E-state index contributed by atoms with van der Waals surface area (Å²) in [6.07, 6.45) is 5.44. The van der Waals surface area contributed by atoms with Crippen LogP contribution in [0, 0.1) is 0 Å². The third-order valence-corrected chi connectivity index (χ3v) is 8.73. The quantitative estimate of drug-likeness (QED) is 0.602. The molecule has 2 aromatic rings. The number of anilines is 2. The first kappa shape index (κ1) is 22.7. The van der Waals surface area contributed by atoms with E-state index in [2.05, 4.69) is 19.8 Å². The summed E-state index contributed by atoms with van der Waals surface area (Å²) in [5.74, 6) is 1.78. The molecule has 0 aliphatic carbocycles. The Morgan fingerprint density at radius 1 is 1.09 bits per heavy atom. The number of piperazine rings is 1. The topological polar surface area (TPSA) is 131 Å². The highest BCUT2D eigenvalue weighted by Gasteiger charge is 2.33. The lowest BCUT2D eigenvalue weighted by atomic mass is 10.2. The summed E-state index contributed by atoms with van der Waals surface area (Å²) in [6.45, 7) is 6.41. The third kappa shape index (κ3) is 5.06. The Bertz CT molecular complexity index is 1100. The normalized spacial score (nSPS) is 22.5. The highest BCUT2D eigenvalue weighted by Crippen LogP contribution is 2.43. The second-order valence-corrected chi connectivity index (χ2v) is 11.8. The van der Waals surface area contributed by atoms with Crippen LogP contribution in [0.5, 0.6) is 0 Å². The first-order valence-electron chi connectivity index (χ1n) is 11.0. The molecule has 2 saturated heterocycles. The Morgan fingerprint density at radius 3 is 2.45 bits per heavy atom. The van der Waals surface area contributed by atoms with Crippen molar-refractivity contribution in [2.75, 3.05) is 75.9 Å². The Morgan fingerprint density at radius 2 is 1.79 bits per heavy atom. The molecule has 178 valence electrons. The summed E-state index contributed by atoms with van der Waals surface area (Å²) in [6, 6.07) is 0. The van der Waals surface area contributed by atoms with Crippen molar-refractivity contribution in [1.82, 2.24) is 29.1 Å². The van der Waals surface area contributed by atoms with Crippen LogP contribution >= 0.6 is 11.8 Å². The van der Waals surface area contributed by atoms with Crippen LogP contribution < -0.4 is 10.6 Å². The maximum atomic E-state index is 11.8. The molecule has 0 amide bonds. The summed E-state index contributed by atoms with van der Waals surface area (Å²) in [5, 5.41) is 0.344. The van der Waals surface area contributed by atoms with Crippen molar-refractivity contribution in [3.05, 3.63) is 18.1 Å². The second kappa shape index (κ2) is 9.29. The maximum Gasteiger partial charge on any atom is 0.219 e. The minimum Gasteiger partial charge on any atom is -0.378 e. The lowest BCUT2D eigenvalue weighted by molar-refractivity contribution is 0.122. The van der Waals surface area contributed by atoms with Crippen molar-refractivity contribution >= 4 is 33.6 Å². The zero-order chi connectivity index (χ0) is 23.0. The van der Waals surface area contributed by atoms with Crippen LogP contribution in [0.4, 0.5) is 11.8 Å². The van der Waals surface area contributed by atoms with Gasteiger partial charge in [0.05, 0.1) is 35.6 Å². The Hall–Kier alpha value is -2.06. The van der Waals surface area contributed by atoms with Crippen molar-refractivity contribution in [3.63, 3.8) is 0 Å². The highest BCUT2D eigenvalue weighted by molar-refractivity contribution is 8.00. The molecule has 0 saturated carbocycles. The predicted octanol–water partition coefficient (Wildman–Crippen LogP) is -0.0536. The lowest BCUT2D eigenvalue weighted by Gasteiger charge is -2.34. The minimum absolute atomic E-state index is 0.222. The number of nitrogens with zero attached hydrogens (tertiary/aromatic N) is 7. The van der Waals surface area contributed by atoms with Crippen LogP contribution in [0.15, 0.2) is 17.3 Å². The van der Waals surface area contributed by atoms with Crippen LogP contribution in [0.25, 0.3) is 11.4 Å². The van der Waals surface area contributed by atoms with E-state index in [4.69, 9.17) is 20.4 Å². The summed E-state index contributed by atoms with van der Waals surface area (Å²) in [4.78, 5) is 23.8. The fourth-order valence-corrected chi connectivity index (χ4v) is 6.60. The molecule has 0 bridgehead atoms. The first-order chi connectivity index (χ1) is 15.9. The van der Waals surface area contributed by atoms with Gasteiger partial charge < -0.3 is 15.4 Å². The number of ether oxygens (including phenoxy) is 1. The van der Waals surface area contributed by atoms with Gasteiger partial charge in [-0.25, -0.2) is 28.4 Å². The maximum absolute atomic E-state index is 11.8. The molecule has 2 aromatic heterocycles. The van der Waals surface area contributed by atoms with Crippen molar-refractivity contribution in [1.29, 1.82) is 0 Å². The van der Waals surface area contributed by atoms with Gasteiger partial charge in [0, 0.05) is 69.9 Å². The van der Waals surface area contributed by atoms with E-state index in [9.17, 15) is 8.42 Å². The van der Waals surface area contributed by atoms with Crippen molar-refractivity contribution in [2.24, 2.45) is 0 Å². The van der Waals surface area contributed by atoms with E-state index in [0.717, 1.165) is 61.1 Å². The number of rotatable bonds is 5. The number of nitrogen functional groups attached to an aromatic ring is 1. The van der Waals surface area contributed by atoms with Gasteiger partial charge in [-0.2, -0.15) is 4.31 Å². The first-order valence-corrected chi connectivity index (χ1v) is 13.8. The molecule has 2 N–H and O–H groups in total. The minimum atomic E-state index is -3.12. The predicted molar refractivity (Wildman–Crippen MR) is 127 cm³/mol. The molecule has 0 aromatic carbocycles. The number of morpholine rings is 1. The van der Waals surface area contributed by atoms with Crippen molar-refractivity contribution < 1.29 is 13.2 Å². The summed E-state index contributed by atoms with van der Waals surface area (Å²) >= 11 is 1.83.